The van der Waals surface area contributed by atoms with E-state index in [1.54, 1.807) is 0 Å². The molecule has 0 heterocycles. The summed E-state index contributed by atoms with van der Waals surface area (Å²) in [4.78, 5) is 33.3. The number of carbonyl (C=O) groups is 2. The number of anilines is 1. The minimum absolute atomic E-state index is 0.0247. The Bertz CT molecular complexity index is 549. The summed E-state index contributed by atoms with van der Waals surface area (Å²) in [7, 11) is 1.42. The van der Waals surface area contributed by atoms with Crippen LogP contribution in [-0.2, 0) is 4.79 Å². The highest BCUT2D eigenvalue weighted by molar-refractivity contribution is 6.32. The Morgan fingerprint density at radius 2 is 2.15 bits per heavy atom. The van der Waals surface area contributed by atoms with Crippen molar-refractivity contribution in [2.45, 2.75) is 6.42 Å². The Balaban J connectivity index is 2.73. The topological polar surface area (TPSA) is 113 Å². The molecule has 0 saturated heterocycles. The number of amides is 2. The largest absolute Gasteiger partial charge is 0.481 e. The molecule has 0 aliphatic rings. The van der Waals surface area contributed by atoms with Crippen molar-refractivity contribution in [2.24, 2.45) is 0 Å². The lowest BCUT2D eigenvalue weighted by molar-refractivity contribution is -0.384. The van der Waals surface area contributed by atoms with Gasteiger partial charge < -0.3 is 15.3 Å². The van der Waals surface area contributed by atoms with Gasteiger partial charge in [0.1, 0.15) is 5.02 Å². The Morgan fingerprint density at radius 1 is 1.50 bits per heavy atom. The average molecular weight is 302 g/mol. The van der Waals surface area contributed by atoms with Gasteiger partial charge in [0.15, 0.2) is 0 Å². The van der Waals surface area contributed by atoms with Gasteiger partial charge in [-0.05, 0) is 12.1 Å². The number of halogens is 1. The third kappa shape index (κ3) is 4.39. The van der Waals surface area contributed by atoms with Gasteiger partial charge in [-0.25, -0.2) is 4.79 Å². The van der Waals surface area contributed by atoms with Crippen molar-refractivity contribution in [1.82, 2.24) is 4.90 Å². The molecule has 0 saturated carbocycles. The molecule has 9 heteroatoms. The predicted octanol–water partition coefficient (Wildman–Crippen LogP) is 2.19. The highest BCUT2D eigenvalue weighted by Crippen LogP contribution is 2.27. The first-order chi connectivity index (χ1) is 9.31. The molecule has 1 aromatic carbocycles. The van der Waals surface area contributed by atoms with E-state index in [1.165, 1.54) is 19.2 Å². The van der Waals surface area contributed by atoms with Gasteiger partial charge in [0.05, 0.1) is 11.3 Å². The number of hydrogen-bond donors (Lipinski definition) is 2. The van der Waals surface area contributed by atoms with Gasteiger partial charge in [0.2, 0.25) is 0 Å². The zero-order chi connectivity index (χ0) is 15.3. The lowest BCUT2D eigenvalue weighted by Crippen LogP contribution is -2.33. The van der Waals surface area contributed by atoms with Crippen molar-refractivity contribution in [1.29, 1.82) is 0 Å². The maximum atomic E-state index is 11.7. The second-order valence-corrected chi connectivity index (χ2v) is 4.33. The van der Waals surface area contributed by atoms with Crippen LogP contribution in [0.25, 0.3) is 0 Å². The number of aliphatic carboxylic acids is 1. The van der Waals surface area contributed by atoms with E-state index < -0.39 is 16.9 Å². The molecule has 0 aromatic heterocycles. The van der Waals surface area contributed by atoms with Crippen molar-refractivity contribution >= 4 is 35.0 Å². The van der Waals surface area contributed by atoms with E-state index in [-0.39, 0.29) is 29.4 Å². The summed E-state index contributed by atoms with van der Waals surface area (Å²) in [6.07, 6.45) is -0.190. The molecule has 1 aromatic rings. The van der Waals surface area contributed by atoms with E-state index in [1.807, 2.05) is 0 Å². The van der Waals surface area contributed by atoms with E-state index in [4.69, 9.17) is 16.7 Å². The zero-order valence-corrected chi connectivity index (χ0v) is 11.3. The highest BCUT2D eigenvalue weighted by Gasteiger charge is 2.15. The van der Waals surface area contributed by atoms with Gasteiger partial charge in [0.25, 0.3) is 5.69 Å². The molecule has 0 radical (unpaired) electrons. The molecule has 20 heavy (non-hydrogen) atoms. The fourth-order valence-electron chi connectivity index (χ4n) is 1.31. The molecule has 0 fully saturated rings. The first-order valence-electron chi connectivity index (χ1n) is 5.49. The molecular weight excluding hydrogens is 290 g/mol. The van der Waals surface area contributed by atoms with Crippen molar-refractivity contribution in [2.75, 3.05) is 18.9 Å². The van der Waals surface area contributed by atoms with Gasteiger partial charge in [-0.1, -0.05) is 11.6 Å². The number of nitro benzene ring substituents is 1. The summed E-state index contributed by atoms with van der Waals surface area (Å²) >= 11 is 5.64. The van der Waals surface area contributed by atoms with Gasteiger partial charge in [-0.3, -0.25) is 14.9 Å². The molecular formula is C11H12ClN3O5. The number of nitrogens with one attached hydrogen (secondary N) is 1. The standard InChI is InChI=1S/C11H12ClN3O5/c1-14(5-4-10(16)17)11(18)13-7-2-3-8(12)9(6-7)15(19)20/h2-3,6H,4-5H2,1H3,(H,13,18)(H,16,17). The van der Waals surface area contributed by atoms with Crippen molar-refractivity contribution in [3.8, 4) is 0 Å². The van der Waals surface area contributed by atoms with Crippen molar-refractivity contribution in [3.63, 3.8) is 0 Å². The Kier molecular flexibility index (Phi) is 5.27. The second-order valence-electron chi connectivity index (χ2n) is 3.92. The number of benzene rings is 1. The SMILES string of the molecule is CN(CCC(=O)O)C(=O)Nc1ccc(Cl)c([N+](=O)[O-])c1. The van der Waals surface area contributed by atoms with E-state index in [9.17, 15) is 19.7 Å². The normalized spacial score (nSPS) is 9.90. The molecule has 1 rings (SSSR count). The number of rotatable bonds is 5. The predicted molar refractivity (Wildman–Crippen MR) is 72.0 cm³/mol. The summed E-state index contributed by atoms with van der Waals surface area (Å²) in [5.41, 5.74) is -0.120. The maximum Gasteiger partial charge on any atom is 0.321 e. The van der Waals surface area contributed by atoms with E-state index in [0.717, 1.165) is 11.0 Å². The summed E-state index contributed by atoms with van der Waals surface area (Å²) < 4.78 is 0. The highest BCUT2D eigenvalue weighted by atomic mass is 35.5. The number of carboxylic acids is 1. The van der Waals surface area contributed by atoms with Crippen LogP contribution in [0.15, 0.2) is 18.2 Å². The third-order valence-corrected chi connectivity index (χ3v) is 2.72. The monoisotopic (exact) mass is 301 g/mol. The number of urea groups is 1. The smallest absolute Gasteiger partial charge is 0.321 e. The molecule has 0 aliphatic heterocycles. The van der Waals surface area contributed by atoms with Crippen molar-refractivity contribution in [3.05, 3.63) is 33.3 Å². The lowest BCUT2D eigenvalue weighted by atomic mass is 10.3. The van der Waals surface area contributed by atoms with Crippen LogP contribution >= 0.6 is 11.6 Å². The van der Waals surface area contributed by atoms with Crippen LogP contribution in [0.4, 0.5) is 16.2 Å². The molecule has 0 bridgehead atoms. The molecule has 2 amide bonds. The van der Waals surface area contributed by atoms with Gasteiger partial charge in [-0.2, -0.15) is 0 Å². The second kappa shape index (κ2) is 6.71. The Hall–Kier alpha value is -2.35. The van der Waals surface area contributed by atoms with Crippen LogP contribution in [0.3, 0.4) is 0 Å². The molecule has 108 valence electrons. The summed E-state index contributed by atoms with van der Waals surface area (Å²) in [5.74, 6) is -1.02. The van der Waals surface area contributed by atoms with Crippen molar-refractivity contribution < 1.29 is 19.6 Å². The molecule has 0 aliphatic carbocycles. The summed E-state index contributed by atoms with van der Waals surface area (Å²) in [6, 6.07) is 3.28. The van der Waals surface area contributed by atoms with E-state index in [0.29, 0.717) is 0 Å². The van der Waals surface area contributed by atoms with E-state index >= 15 is 0 Å². The Morgan fingerprint density at radius 3 is 2.70 bits per heavy atom. The van der Waals surface area contributed by atoms with Crippen LogP contribution in [0.5, 0.6) is 0 Å². The number of carbonyl (C=O) groups excluding carboxylic acids is 1. The summed E-state index contributed by atoms with van der Waals surface area (Å²) in [6.45, 7) is 0.0247. The van der Waals surface area contributed by atoms with Crippen LogP contribution in [0.1, 0.15) is 6.42 Å². The van der Waals surface area contributed by atoms with Gasteiger partial charge in [0, 0.05) is 25.3 Å². The number of nitrogens with zero attached hydrogens (tertiary/aromatic N) is 2. The van der Waals surface area contributed by atoms with Gasteiger partial charge in [-0.15, -0.1) is 0 Å². The average Bonchev–Trinajstić information content (AvgIpc) is 2.37. The van der Waals surface area contributed by atoms with E-state index in [2.05, 4.69) is 5.32 Å². The van der Waals surface area contributed by atoms with Crippen LogP contribution < -0.4 is 5.32 Å². The molecule has 8 nitrogen and oxygen atoms in total. The quantitative estimate of drug-likeness (QED) is 0.639. The first kappa shape index (κ1) is 15.7. The lowest BCUT2D eigenvalue weighted by Gasteiger charge is -2.16. The number of nitro groups is 1. The third-order valence-electron chi connectivity index (χ3n) is 2.40. The minimum atomic E-state index is -1.02. The van der Waals surface area contributed by atoms with Crippen LogP contribution in [0.2, 0.25) is 5.02 Å². The maximum absolute atomic E-state index is 11.7. The molecule has 0 spiro atoms. The number of carboxylic acid groups (broad SMARTS) is 1. The zero-order valence-electron chi connectivity index (χ0n) is 10.5. The Labute approximate surface area is 119 Å². The molecule has 0 unspecified atom stereocenters. The summed E-state index contributed by atoms with van der Waals surface area (Å²) in [5, 5.41) is 21.6. The van der Waals surface area contributed by atoms with Gasteiger partial charge >= 0.3 is 12.0 Å². The fraction of sp³-hybridized carbons (Fsp3) is 0.273. The van der Waals surface area contributed by atoms with Crippen LogP contribution in [0, 0.1) is 10.1 Å². The minimum Gasteiger partial charge on any atom is -0.481 e. The number of hydrogen-bond acceptors (Lipinski definition) is 4. The fourth-order valence-corrected chi connectivity index (χ4v) is 1.50. The molecule has 0 atom stereocenters. The first-order valence-corrected chi connectivity index (χ1v) is 5.87. The van der Waals surface area contributed by atoms with Crippen LogP contribution in [-0.4, -0.2) is 40.5 Å². The molecule has 2 N–H and O–H groups in total.